The van der Waals surface area contributed by atoms with E-state index in [0.717, 1.165) is 83.5 Å². The molecule has 0 N–H and O–H groups in total. The zero-order chi connectivity index (χ0) is 51.4. The van der Waals surface area contributed by atoms with Crippen molar-refractivity contribution in [3.05, 3.63) is 182 Å². The maximum absolute atomic E-state index is 12.8. The van der Waals surface area contributed by atoms with Gasteiger partial charge in [-0.3, -0.25) is 14.4 Å². The summed E-state index contributed by atoms with van der Waals surface area (Å²) in [6.07, 6.45) is 86.0. The topological polar surface area (TPSA) is 78.9 Å². The van der Waals surface area contributed by atoms with Crippen LogP contribution in [0.1, 0.15) is 188 Å². The lowest BCUT2D eigenvalue weighted by atomic mass is 10.1. The standard InChI is InChI=1S/C65H96O6/c1-4-7-10-13-16-19-22-25-28-31-32-35-37-40-43-46-49-52-55-58-64(67)70-61-62(71-65(68)59-56-53-50-47-44-41-38-34-30-27-24-21-18-15-12-9-6-3)60-69-63(66)57-54-51-48-45-42-39-36-33-29-26-23-20-17-14-11-8-5-2/h7,9-10,12-13,16,18-19,21-22,25-32,35-41,43,45,47-48,50,62H,4-6,8,11,14-15,17,20,23-24,33-34,42,44,46,49,51-61H2,1-3H3/b10-7-,12-9-,16-13-,21-18-,22-19-,28-25-,29-26-,30-27-,32-31+,37-35-,39-36-,41-38-,43-40-,48-45-,50-47-. The summed E-state index contributed by atoms with van der Waals surface area (Å²) >= 11 is 0. The van der Waals surface area contributed by atoms with Crippen LogP contribution < -0.4 is 0 Å². The van der Waals surface area contributed by atoms with Gasteiger partial charge in [0.1, 0.15) is 13.2 Å². The van der Waals surface area contributed by atoms with Crippen molar-refractivity contribution in [3.63, 3.8) is 0 Å². The van der Waals surface area contributed by atoms with Crippen LogP contribution in [-0.4, -0.2) is 37.2 Å². The van der Waals surface area contributed by atoms with Crippen molar-refractivity contribution in [2.45, 2.75) is 194 Å². The maximum atomic E-state index is 12.8. The Morgan fingerprint density at radius 2 is 0.634 bits per heavy atom. The van der Waals surface area contributed by atoms with Crippen molar-refractivity contribution in [1.29, 1.82) is 0 Å². The second-order valence-electron chi connectivity index (χ2n) is 17.2. The van der Waals surface area contributed by atoms with Gasteiger partial charge >= 0.3 is 17.9 Å². The van der Waals surface area contributed by atoms with Gasteiger partial charge in [-0.25, -0.2) is 0 Å². The quantitative estimate of drug-likeness (QED) is 0.0199. The molecule has 71 heavy (non-hydrogen) atoms. The summed E-state index contributed by atoms with van der Waals surface area (Å²) in [5.74, 6) is -1.12. The van der Waals surface area contributed by atoms with Gasteiger partial charge in [-0.05, 0) is 109 Å². The van der Waals surface area contributed by atoms with Crippen LogP contribution in [-0.2, 0) is 28.6 Å². The average Bonchev–Trinajstić information content (AvgIpc) is 3.37. The Morgan fingerprint density at radius 3 is 1.08 bits per heavy atom. The zero-order valence-corrected chi connectivity index (χ0v) is 44.6. The lowest BCUT2D eigenvalue weighted by Crippen LogP contribution is -2.30. The summed E-state index contributed by atoms with van der Waals surface area (Å²) in [5, 5.41) is 0. The van der Waals surface area contributed by atoms with Crippen LogP contribution in [0.25, 0.3) is 0 Å². The van der Waals surface area contributed by atoms with Crippen molar-refractivity contribution >= 4 is 17.9 Å². The van der Waals surface area contributed by atoms with Gasteiger partial charge < -0.3 is 14.2 Å². The molecule has 0 heterocycles. The molecule has 0 amide bonds. The molecule has 0 spiro atoms. The molecule has 0 fully saturated rings. The van der Waals surface area contributed by atoms with E-state index in [1.807, 2.05) is 72.9 Å². The summed E-state index contributed by atoms with van der Waals surface area (Å²) in [5.41, 5.74) is 0. The molecule has 0 aromatic rings. The summed E-state index contributed by atoms with van der Waals surface area (Å²) in [4.78, 5) is 38.1. The Kier molecular flexibility index (Phi) is 52.7. The minimum absolute atomic E-state index is 0.151. The molecule has 0 saturated heterocycles. The number of ether oxygens (including phenoxy) is 3. The Labute approximate surface area is 434 Å². The number of unbranched alkanes of at least 4 members (excludes halogenated alkanes) is 11. The number of hydrogen-bond donors (Lipinski definition) is 0. The lowest BCUT2D eigenvalue weighted by Gasteiger charge is -2.18. The van der Waals surface area contributed by atoms with Gasteiger partial charge in [0.05, 0.1) is 0 Å². The van der Waals surface area contributed by atoms with Crippen molar-refractivity contribution in [2.24, 2.45) is 0 Å². The minimum Gasteiger partial charge on any atom is -0.462 e. The molecule has 6 heteroatoms. The third kappa shape index (κ3) is 55.3. The molecule has 1 atom stereocenters. The van der Waals surface area contributed by atoms with Gasteiger partial charge in [-0.1, -0.05) is 242 Å². The van der Waals surface area contributed by atoms with Crippen molar-refractivity contribution in [3.8, 4) is 0 Å². The van der Waals surface area contributed by atoms with E-state index >= 15 is 0 Å². The molecule has 6 nitrogen and oxygen atoms in total. The SMILES string of the molecule is CC\C=C/C=C\C=C/C=C\C=C\C=C/C=C\CCCCCC(=O)OCC(COC(=O)CCC/C=C\C/C=C\C/C=C\CCCCCCCC)OC(=O)CCC/C=C\C/C=C\C/C=C\C/C=C\C/C=C\CC. The Bertz CT molecular complexity index is 1730. The fourth-order valence-corrected chi connectivity index (χ4v) is 6.53. The predicted molar refractivity (Wildman–Crippen MR) is 306 cm³/mol. The van der Waals surface area contributed by atoms with Gasteiger partial charge in [-0.15, -0.1) is 0 Å². The number of carbonyl (C=O) groups is 3. The molecule has 0 radical (unpaired) electrons. The molecule has 392 valence electrons. The van der Waals surface area contributed by atoms with E-state index in [0.29, 0.717) is 19.3 Å². The van der Waals surface area contributed by atoms with Crippen LogP contribution in [0, 0.1) is 0 Å². The zero-order valence-electron chi connectivity index (χ0n) is 44.6. The van der Waals surface area contributed by atoms with Crippen molar-refractivity contribution < 1.29 is 28.6 Å². The predicted octanol–water partition coefficient (Wildman–Crippen LogP) is 18.5. The summed E-state index contributed by atoms with van der Waals surface area (Å²) in [6.45, 7) is 6.21. The van der Waals surface area contributed by atoms with Crippen LogP contribution in [0.2, 0.25) is 0 Å². The third-order valence-corrected chi connectivity index (χ3v) is 10.6. The Hall–Kier alpha value is -5.49. The Morgan fingerprint density at radius 1 is 0.310 bits per heavy atom. The third-order valence-electron chi connectivity index (χ3n) is 10.6. The summed E-state index contributed by atoms with van der Waals surface area (Å²) in [6, 6.07) is 0. The second kappa shape index (κ2) is 57.1. The van der Waals surface area contributed by atoms with Gasteiger partial charge in [0.15, 0.2) is 6.10 Å². The highest BCUT2D eigenvalue weighted by atomic mass is 16.6. The van der Waals surface area contributed by atoms with E-state index in [4.69, 9.17) is 14.2 Å². The van der Waals surface area contributed by atoms with E-state index in [1.165, 1.54) is 44.9 Å². The normalized spacial score (nSPS) is 13.6. The van der Waals surface area contributed by atoms with Gasteiger partial charge in [-0.2, -0.15) is 0 Å². The smallest absolute Gasteiger partial charge is 0.306 e. The van der Waals surface area contributed by atoms with E-state index in [9.17, 15) is 14.4 Å². The maximum Gasteiger partial charge on any atom is 0.306 e. The van der Waals surface area contributed by atoms with Gasteiger partial charge in [0, 0.05) is 19.3 Å². The fraction of sp³-hybridized carbons (Fsp3) is 0.492. The molecular weight excluding hydrogens is 877 g/mol. The van der Waals surface area contributed by atoms with E-state index in [2.05, 4.69) is 130 Å². The van der Waals surface area contributed by atoms with Crippen LogP contribution in [0.15, 0.2) is 182 Å². The summed E-state index contributed by atoms with van der Waals surface area (Å²) < 4.78 is 16.7. The molecule has 1 unspecified atom stereocenters. The molecule has 0 aromatic carbocycles. The molecule has 0 aliphatic rings. The van der Waals surface area contributed by atoms with Crippen LogP contribution in [0.3, 0.4) is 0 Å². The van der Waals surface area contributed by atoms with Gasteiger partial charge in [0.25, 0.3) is 0 Å². The summed E-state index contributed by atoms with van der Waals surface area (Å²) in [7, 11) is 0. The van der Waals surface area contributed by atoms with E-state index in [1.54, 1.807) is 0 Å². The first-order valence-corrected chi connectivity index (χ1v) is 27.4. The lowest BCUT2D eigenvalue weighted by molar-refractivity contribution is -0.167. The van der Waals surface area contributed by atoms with Crippen LogP contribution in [0.5, 0.6) is 0 Å². The van der Waals surface area contributed by atoms with Crippen molar-refractivity contribution in [2.75, 3.05) is 13.2 Å². The monoisotopic (exact) mass is 973 g/mol. The number of hydrogen-bond acceptors (Lipinski definition) is 6. The molecular formula is C65H96O6. The largest absolute Gasteiger partial charge is 0.462 e. The highest BCUT2D eigenvalue weighted by Crippen LogP contribution is 2.10. The molecule has 0 aliphatic carbocycles. The molecule has 0 rings (SSSR count). The van der Waals surface area contributed by atoms with E-state index < -0.39 is 12.1 Å². The van der Waals surface area contributed by atoms with Crippen LogP contribution >= 0.6 is 0 Å². The highest BCUT2D eigenvalue weighted by Gasteiger charge is 2.19. The number of carbonyl (C=O) groups excluding carboxylic acids is 3. The van der Waals surface area contributed by atoms with Gasteiger partial charge in [0.2, 0.25) is 0 Å². The molecule has 0 saturated carbocycles. The average molecular weight is 973 g/mol. The van der Waals surface area contributed by atoms with E-state index in [-0.39, 0.29) is 44.4 Å². The first-order valence-electron chi connectivity index (χ1n) is 27.4. The molecule has 0 aliphatic heterocycles. The molecule has 0 aromatic heterocycles. The van der Waals surface area contributed by atoms with Crippen LogP contribution in [0.4, 0.5) is 0 Å². The molecule has 0 bridgehead atoms. The first kappa shape index (κ1) is 65.5. The fourth-order valence-electron chi connectivity index (χ4n) is 6.53. The Balaban J connectivity index is 4.70. The number of esters is 3. The number of rotatable bonds is 46. The number of allylic oxidation sites excluding steroid dienone is 30. The van der Waals surface area contributed by atoms with Crippen molar-refractivity contribution in [1.82, 2.24) is 0 Å². The first-order chi connectivity index (χ1) is 35.0. The highest BCUT2D eigenvalue weighted by molar-refractivity contribution is 5.71. The second-order valence-corrected chi connectivity index (χ2v) is 17.2. The minimum atomic E-state index is -0.859.